The minimum absolute atomic E-state index is 0.732. The number of aromatic nitrogens is 1. The van der Waals surface area contributed by atoms with Gasteiger partial charge in [0.2, 0.25) is 0 Å². The van der Waals surface area contributed by atoms with Crippen molar-refractivity contribution >= 4 is 6.08 Å². The Morgan fingerprint density at radius 1 is 0.963 bits per heavy atom. The van der Waals surface area contributed by atoms with Crippen molar-refractivity contribution in [2.75, 3.05) is 0 Å². The number of fused-ring (bicyclic) bond motifs is 1. The molecule has 2 aromatic rings. The Bertz CT molecular complexity index is 984. The van der Waals surface area contributed by atoms with E-state index in [4.69, 9.17) is 12.8 Å². The van der Waals surface area contributed by atoms with Crippen LogP contribution in [0.25, 0.3) is 6.08 Å². The summed E-state index contributed by atoms with van der Waals surface area (Å²) < 4.78 is 2.35. The lowest BCUT2D eigenvalue weighted by molar-refractivity contribution is -0.706. The van der Waals surface area contributed by atoms with Crippen molar-refractivity contribution in [1.82, 2.24) is 0 Å². The Balaban J connectivity index is 1.97. The number of allylic oxidation sites excluding steroid dienone is 1. The van der Waals surface area contributed by atoms with E-state index in [1.807, 2.05) is 12.1 Å². The number of unbranched alkanes of at least 4 members (excludes halogenated alkanes) is 1. The number of hydrogen-bond acceptors (Lipinski definition) is 0. The summed E-state index contributed by atoms with van der Waals surface area (Å²) in [7, 11) is 0. The molecule has 1 nitrogen and oxygen atoms in total. The number of benzene rings is 1. The largest absolute Gasteiger partial charge is 0.257 e. The highest BCUT2D eigenvalue weighted by Crippen LogP contribution is 2.17. The van der Waals surface area contributed by atoms with Crippen LogP contribution in [-0.2, 0) is 19.4 Å². The lowest BCUT2D eigenvalue weighted by atomic mass is 10.0. The first-order valence-corrected chi connectivity index (χ1v) is 9.52. The van der Waals surface area contributed by atoms with Crippen LogP contribution < -0.4 is 4.57 Å². The Morgan fingerprint density at radius 3 is 2.67 bits per heavy atom. The quantitative estimate of drug-likeness (QED) is 0.430. The predicted octanol–water partition coefficient (Wildman–Crippen LogP) is 4.31. The maximum absolute atomic E-state index is 5.45. The van der Waals surface area contributed by atoms with Gasteiger partial charge in [0.15, 0.2) is 12.2 Å². The van der Waals surface area contributed by atoms with Crippen molar-refractivity contribution in [3.05, 3.63) is 70.6 Å². The maximum atomic E-state index is 5.45. The molecule has 0 amide bonds. The summed E-state index contributed by atoms with van der Waals surface area (Å²) >= 11 is 0. The SMILES string of the molecule is C#CCCC[n+]1c(C#Cc2ccccc2CCC#C)ccc2c1CCC=C2. The number of pyridine rings is 1. The minimum Gasteiger partial charge on any atom is -0.188 e. The van der Waals surface area contributed by atoms with Crippen molar-refractivity contribution in [1.29, 1.82) is 0 Å². The molecule has 1 aromatic heterocycles. The second-order valence-electron chi connectivity index (χ2n) is 6.63. The van der Waals surface area contributed by atoms with Gasteiger partial charge in [0.05, 0.1) is 0 Å². The van der Waals surface area contributed by atoms with E-state index >= 15 is 0 Å². The van der Waals surface area contributed by atoms with Gasteiger partial charge in [-0.2, -0.15) is 4.57 Å². The summed E-state index contributed by atoms with van der Waals surface area (Å²) in [5, 5.41) is 0. The molecule has 0 radical (unpaired) electrons. The van der Waals surface area contributed by atoms with Gasteiger partial charge in [0, 0.05) is 48.8 Å². The van der Waals surface area contributed by atoms with Gasteiger partial charge >= 0.3 is 0 Å². The van der Waals surface area contributed by atoms with Crippen LogP contribution in [0.2, 0.25) is 0 Å². The van der Waals surface area contributed by atoms with E-state index in [9.17, 15) is 0 Å². The van der Waals surface area contributed by atoms with Gasteiger partial charge in [-0.05, 0) is 30.5 Å². The molecule has 0 saturated carbocycles. The average molecular weight is 350 g/mol. The maximum Gasteiger partial charge on any atom is 0.257 e. The van der Waals surface area contributed by atoms with Crippen LogP contribution in [0, 0.1) is 36.5 Å². The standard InChI is InChI=1S/C26H24N/c1-3-5-11-21-27-25(20-18-24-15-9-10-16-26(24)27)19-17-23-14-8-7-13-22(23)12-6-4-2/h1-2,7-9,13-15,18,20H,5-6,10-12,16,21H2/q+1. The van der Waals surface area contributed by atoms with Crippen molar-refractivity contribution in [3.8, 4) is 36.5 Å². The molecule has 1 heterocycles. The van der Waals surface area contributed by atoms with E-state index in [-0.39, 0.29) is 0 Å². The van der Waals surface area contributed by atoms with Crippen LogP contribution in [-0.4, -0.2) is 0 Å². The molecule has 1 aliphatic carbocycles. The highest BCUT2D eigenvalue weighted by Gasteiger charge is 2.20. The fourth-order valence-electron chi connectivity index (χ4n) is 3.42. The third-order valence-corrected chi connectivity index (χ3v) is 4.80. The number of terminal acetylenes is 2. The lowest BCUT2D eigenvalue weighted by Gasteiger charge is -2.11. The molecule has 0 saturated heterocycles. The van der Waals surface area contributed by atoms with E-state index in [1.54, 1.807) is 0 Å². The Hall–Kier alpha value is -3.21. The van der Waals surface area contributed by atoms with Crippen LogP contribution >= 0.6 is 0 Å². The van der Waals surface area contributed by atoms with Gasteiger partial charge in [0.25, 0.3) is 5.69 Å². The zero-order chi connectivity index (χ0) is 18.9. The number of rotatable bonds is 5. The highest BCUT2D eigenvalue weighted by molar-refractivity contribution is 5.54. The van der Waals surface area contributed by atoms with Crippen LogP contribution in [0.5, 0.6) is 0 Å². The average Bonchev–Trinajstić information content (AvgIpc) is 2.72. The molecule has 3 rings (SSSR count). The van der Waals surface area contributed by atoms with E-state index in [0.29, 0.717) is 0 Å². The van der Waals surface area contributed by atoms with Crippen LogP contribution in [0.1, 0.15) is 53.8 Å². The molecule has 1 heteroatoms. The molecule has 0 aliphatic heterocycles. The van der Waals surface area contributed by atoms with Crippen molar-refractivity contribution in [2.45, 2.75) is 45.1 Å². The van der Waals surface area contributed by atoms with Gasteiger partial charge in [-0.1, -0.05) is 36.3 Å². The topological polar surface area (TPSA) is 3.88 Å². The van der Waals surface area contributed by atoms with Gasteiger partial charge < -0.3 is 0 Å². The monoisotopic (exact) mass is 350 g/mol. The Labute approximate surface area is 163 Å². The first kappa shape index (κ1) is 18.6. The van der Waals surface area contributed by atoms with Crippen molar-refractivity contribution < 1.29 is 4.57 Å². The first-order chi connectivity index (χ1) is 13.3. The Morgan fingerprint density at radius 2 is 1.81 bits per heavy atom. The van der Waals surface area contributed by atoms with Gasteiger partial charge in [0.1, 0.15) is 0 Å². The normalized spacial score (nSPS) is 11.6. The molecule has 0 bridgehead atoms. The Kier molecular flexibility index (Phi) is 6.52. The molecule has 0 fully saturated rings. The number of aryl methyl sites for hydroxylation is 1. The van der Waals surface area contributed by atoms with Gasteiger partial charge in [-0.3, -0.25) is 0 Å². The van der Waals surface area contributed by atoms with Crippen LogP contribution in [0.3, 0.4) is 0 Å². The zero-order valence-electron chi connectivity index (χ0n) is 15.7. The van der Waals surface area contributed by atoms with Gasteiger partial charge in [-0.25, -0.2) is 0 Å². The molecular weight excluding hydrogens is 326 g/mol. The second kappa shape index (κ2) is 9.48. The summed E-state index contributed by atoms with van der Waals surface area (Å²) in [6.45, 7) is 0.907. The molecule has 0 unspecified atom stereocenters. The molecule has 132 valence electrons. The molecule has 27 heavy (non-hydrogen) atoms. The fraction of sp³-hybridized carbons (Fsp3) is 0.269. The lowest BCUT2D eigenvalue weighted by Crippen LogP contribution is -2.43. The molecule has 0 atom stereocenters. The number of hydrogen-bond donors (Lipinski definition) is 0. The summed E-state index contributed by atoms with van der Waals surface area (Å²) in [6.07, 6.45) is 20.8. The summed E-state index contributed by atoms with van der Waals surface area (Å²) in [4.78, 5) is 0. The molecule has 0 spiro atoms. The fourth-order valence-corrected chi connectivity index (χ4v) is 3.42. The predicted molar refractivity (Wildman–Crippen MR) is 112 cm³/mol. The minimum atomic E-state index is 0.732. The van der Waals surface area contributed by atoms with Gasteiger partial charge in [-0.15, -0.1) is 24.7 Å². The molecule has 1 aliphatic rings. The van der Waals surface area contributed by atoms with Crippen molar-refractivity contribution in [2.24, 2.45) is 0 Å². The smallest absolute Gasteiger partial charge is 0.188 e. The third kappa shape index (κ3) is 4.70. The van der Waals surface area contributed by atoms with E-state index < -0.39 is 0 Å². The second-order valence-corrected chi connectivity index (χ2v) is 6.63. The third-order valence-electron chi connectivity index (χ3n) is 4.80. The zero-order valence-corrected chi connectivity index (χ0v) is 15.7. The van der Waals surface area contributed by atoms with E-state index in [0.717, 1.165) is 56.3 Å². The molecule has 0 N–H and O–H groups in total. The summed E-state index contributed by atoms with van der Waals surface area (Å²) in [5.41, 5.74) is 5.97. The molecular formula is C26H24N+. The summed E-state index contributed by atoms with van der Waals surface area (Å²) in [5.74, 6) is 12.2. The van der Waals surface area contributed by atoms with E-state index in [1.165, 1.54) is 16.8 Å². The van der Waals surface area contributed by atoms with E-state index in [2.05, 4.69) is 64.7 Å². The highest BCUT2D eigenvalue weighted by atomic mass is 15.0. The molecule has 1 aromatic carbocycles. The number of nitrogens with zero attached hydrogens (tertiary/aromatic N) is 1. The van der Waals surface area contributed by atoms with Crippen molar-refractivity contribution in [3.63, 3.8) is 0 Å². The summed E-state index contributed by atoms with van der Waals surface area (Å²) in [6, 6.07) is 12.6. The van der Waals surface area contributed by atoms with Crippen LogP contribution in [0.15, 0.2) is 42.5 Å². The first-order valence-electron chi connectivity index (χ1n) is 9.52. The van der Waals surface area contributed by atoms with Crippen LogP contribution in [0.4, 0.5) is 0 Å².